The van der Waals surface area contributed by atoms with Crippen molar-refractivity contribution in [2.75, 3.05) is 31.1 Å². The van der Waals surface area contributed by atoms with Gasteiger partial charge in [-0.1, -0.05) is 5.16 Å². The Balaban J connectivity index is 1.49. The lowest BCUT2D eigenvalue weighted by Gasteiger charge is -2.35. The summed E-state index contributed by atoms with van der Waals surface area (Å²) in [5.41, 5.74) is 0.824. The number of nitrogens with zero attached hydrogens (tertiary/aromatic N) is 5. The number of aromatic nitrogens is 3. The fourth-order valence-electron chi connectivity index (χ4n) is 3.27. The summed E-state index contributed by atoms with van der Waals surface area (Å²) in [7, 11) is 0. The molecule has 3 heterocycles. The number of piperazine rings is 1. The SMILES string of the molecule is O=C(c1ccno1)N1CCN(c2ccc3c(=O)n(CC(F)F)cnc3c2)CC1. The Morgan fingerprint density at radius 2 is 1.96 bits per heavy atom. The maximum Gasteiger partial charge on any atom is 0.292 e. The van der Waals surface area contributed by atoms with Crippen molar-refractivity contribution in [1.82, 2.24) is 19.6 Å². The summed E-state index contributed by atoms with van der Waals surface area (Å²) in [6.45, 7) is 1.56. The highest BCUT2D eigenvalue weighted by Crippen LogP contribution is 2.21. The van der Waals surface area contributed by atoms with Crippen LogP contribution in [0, 0.1) is 0 Å². The number of rotatable bonds is 4. The summed E-state index contributed by atoms with van der Waals surface area (Å²) in [6, 6.07) is 6.67. The van der Waals surface area contributed by atoms with E-state index in [2.05, 4.69) is 15.0 Å². The standard InChI is InChI=1S/C18H17F2N5O3/c19-16(20)10-25-11-21-14-9-12(1-2-13(14)17(25)26)23-5-7-24(8-6-23)18(27)15-3-4-22-28-15/h1-4,9,11,16H,5-8,10H2. The summed E-state index contributed by atoms with van der Waals surface area (Å²) >= 11 is 0. The van der Waals surface area contributed by atoms with Crippen LogP contribution in [0.5, 0.6) is 0 Å². The molecule has 1 aromatic carbocycles. The third-order valence-electron chi connectivity index (χ3n) is 4.72. The van der Waals surface area contributed by atoms with Crippen molar-refractivity contribution in [3.63, 3.8) is 0 Å². The van der Waals surface area contributed by atoms with Crippen molar-refractivity contribution < 1.29 is 18.1 Å². The molecule has 1 aliphatic rings. The second-order valence-electron chi connectivity index (χ2n) is 6.45. The number of carbonyl (C=O) groups excluding carboxylic acids is 1. The largest absolute Gasteiger partial charge is 0.368 e. The van der Waals surface area contributed by atoms with Crippen LogP contribution in [0.2, 0.25) is 0 Å². The Morgan fingerprint density at radius 3 is 2.64 bits per heavy atom. The third-order valence-corrected chi connectivity index (χ3v) is 4.72. The van der Waals surface area contributed by atoms with E-state index in [0.29, 0.717) is 37.1 Å². The van der Waals surface area contributed by atoms with Crippen LogP contribution in [0.4, 0.5) is 14.5 Å². The summed E-state index contributed by atoms with van der Waals surface area (Å²) < 4.78 is 30.9. The summed E-state index contributed by atoms with van der Waals surface area (Å²) in [4.78, 5) is 32.5. The molecule has 1 fully saturated rings. The first-order valence-electron chi connectivity index (χ1n) is 8.75. The predicted octanol–water partition coefficient (Wildman–Crippen LogP) is 1.61. The van der Waals surface area contributed by atoms with Crippen molar-refractivity contribution in [3.8, 4) is 0 Å². The topological polar surface area (TPSA) is 84.5 Å². The normalized spacial score (nSPS) is 14.8. The summed E-state index contributed by atoms with van der Waals surface area (Å²) in [5, 5.41) is 3.85. The van der Waals surface area contributed by atoms with Crippen LogP contribution in [-0.4, -0.2) is 58.1 Å². The highest BCUT2D eigenvalue weighted by atomic mass is 19.3. The fourth-order valence-corrected chi connectivity index (χ4v) is 3.27. The molecule has 0 N–H and O–H groups in total. The molecule has 0 atom stereocenters. The number of fused-ring (bicyclic) bond motifs is 1. The van der Waals surface area contributed by atoms with Gasteiger partial charge in [0.25, 0.3) is 17.9 Å². The van der Waals surface area contributed by atoms with Gasteiger partial charge in [-0.05, 0) is 18.2 Å². The molecule has 1 saturated heterocycles. The van der Waals surface area contributed by atoms with Crippen molar-refractivity contribution >= 4 is 22.5 Å². The Hall–Kier alpha value is -3.30. The van der Waals surface area contributed by atoms with Gasteiger partial charge in [0, 0.05) is 37.9 Å². The predicted molar refractivity (Wildman–Crippen MR) is 96.6 cm³/mol. The van der Waals surface area contributed by atoms with Crippen LogP contribution in [0.15, 0.2) is 46.1 Å². The van der Waals surface area contributed by atoms with Crippen molar-refractivity contribution in [1.29, 1.82) is 0 Å². The molecule has 3 aromatic rings. The molecule has 4 rings (SSSR count). The molecule has 1 aliphatic heterocycles. The first-order chi connectivity index (χ1) is 13.5. The number of benzene rings is 1. The van der Waals surface area contributed by atoms with E-state index in [1.807, 2.05) is 0 Å². The van der Waals surface area contributed by atoms with Crippen LogP contribution in [0.3, 0.4) is 0 Å². The molecule has 2 aromatic heterocycles. The van der Waals surface area contributed by atoms with Gasteiger partial charge >= 0.3 is 0 Å². The van der Waals surface area contributed by atoms with Crippen LogP contribution in [0.25, 0.3) is 10.9 Å². The van der Waals surface area contributed by atoms with Gasteiger partial charge in [0.05, 0.1) is 30.0 Å². The van der Waals surface area contributed by atoms with Gasteiger partial charge in [-0.25, -0.2) is 13.8 Å². The number of halogens is 2. The second-order valence-corrected chi connectivity index (χ2v) is 6.45. The highest BCUT2D eigenvalue weighted by molar-refractivity contribution is 5.91. The quantitative estimate of drug-likeness (QED) is 0.674. The molecule has 0 aliphatic carbocycles. The van der Waals surface area contributed by atoms with Gasteiger partial charge < -0.3 is 14.3 Å². The molecule has 0 unspecified atom stereocenters. The van der Waals surface area contributed by atoms with Gasteiger partial charge in [0.2, 0.25) is 5.76 Å². The van der Waals surface area contributed by atoms with Gasteiger partial charge in [0.1, 0.15) is 0 Å². The molecule has 0 radical (unpaired) electrons. The summed E-state index contributed by atoms with van der Waals surface area (Å²) in [5.74, 6) is 0.0142. The van der Waals surface area contributed by atoms with Crippen molar-refractivity contribution in [2.24, 2.45) is 0 Å². The van der Waals surface area contributed by atoms with Crippen LogP contribution in [0.1, 0.15) is 10.6 Å². The first kappa shape index (κ1) is 18.1. The van der Waals surface area contributed by atoms with E-state index in [4.69, 9.17) is 4.52 Å². The van der Waals surface area contributed by atoms with Gasteiger partial charge in [-0.2, -0.15) is 0 Å². The van der Waals surface area contributed by atoms with Crippen LogP contribution >= 0.6 is 0 Å². The lowest BCUT2D eigenvalue weighted by Crippen LogP contribution is -2.48. The van der Waals surface area contributed by atoms with E-state index in [-0.39, 0.29) is 11.7 Å². The van der Waals surface area contributed by atoms with Gasteiger partial charge in [-0.15, -0.1) is 0 Å². The number of hydrogen-bond donors (Lipinski definition) is 0. The average molecular weight is 389 g/mol. The molecular weight excluding hydrogens is 372 g/mol. The molecule has 10 heteroatoms. The Bertz CT molecular complexity index is 1040. The van der Waals surface area contributed by atoms with E-state index >= 15 is 0 Å². The van der Waals surface area contributed by atoms with E-state index in [9.17, 15) is 18.4 Å². The molecule has 0 saturated carbocycles. The zero-order chi connectivity index (χ0) is 19.7. The molecular formula is C18H17F2N5O3. The molecule has 146 valence electrons. The van der Waals surface area contributed by atoms with E-state index in [0.717, 1.165) is 16.6 Å². The minimum absolute atomic E-state index is 0.197. The Labute approximate surface area is 158 Å². The first-order valence-corrected chi connectivity index (χ1v) is 8.75. The number of hydrogen-bond acceptors (Lipinski definition) is 6. The Morgan fingerprint density at radius 1 is 1.18 bits per heavy atom. The fraction of sp³-hybridized carbons (Fsp3) is 0.333. The molecule has 0 bridgehead atoms. The van der Waals surface area contributed by atoms with Crippen LogP contribution < -0.4 is 10.5 Å². The monoisotopic (exact) mass is 389 g/mol. The van der Waals surface area contributed by atoms with Crippen molar-refractivity contribution in [3.05, 3.63) is 52.9 Å². The zero-order valence-corrected chi connectivity index (χ0v) is 14.8. The van der Waals surface area contributed by atoms with Crippen LogP contribution in [-0.2, 0) is 6.54 Å². The average Bonchev–Trinajstić information content (AvgIpc) is 3.24. The minimum Gasteiger partial charge on any atom is -0.368 e. The second kappa shape index (κ2) is 7.37. The van der Waals surface area contributed by atoms with E-state index in [1.165, 1.54) is 12.3 Å². The smallest absolute Gasteiger partial charge is 0.292 e. The number of anilines is 1. The molecule has 28 heavy (non-hydrogen) atoms. The highest BCUT2D eigenvalue weighted by Gasteiger charge is 2.24. The van der Waals surface area contributed by atoms with Gasteiger partial charge in [-0.3, -0.25) is 14.2 Å². The van der Waals surface area contributed by atoms with E-state index in [1.54, 1.807) is 23.1 Å². The van der Waals surface area contributed by atoms with Crippen molar-refractivity contribution in [2.45, 2.75) is 13.0 Å². The maximum absolute atomic E-state index is 12.6. The third kappa shape index (κ3) is 3.45. The minimum atomic E-state index is -2.62. The van der Waals surface area contributed by atoms with E-state index < -0.39 is 18.5 Å². The Kier molecular flexibility index (Phi) is 4.76. The zero-order valence-electron chi connectivity index (χ0n) is 14.8. The lowest BCUT2D eigenvalue weighted by molar-refractivity contribution is 0.0704. The molecule has 8 nitrogen and oxygen atoms in total. The number of carbonyl (C=O) groups is 1. The lowest BCUT2D eigenvalue weighted by atomic mass is 10.2. The summed E-state index contributed by atoms with van der Waals surface area (Å²) in [6.07, 6.45) is -0.0395. The molecule has 1 amide bonds. The number of amides is 1. The number of alkyl halides is 2. The van der Waals surface area contributed by atoms with Gasteiger partial charge in [0.15, 0.2) is 0 Å². The molecule has 0 spiro atoms. The maximum atomic E-state index is 12.6.